The summed E-state index contributed by atoms with van der Waals surface area (Å²) in [6.07, 6.45) is 2.81. The first-order valence-electron chi connectivity index (χ1n) is 11.5. The number of unbranched alkanes of at least 4 members (excludes halogenated alkanes) is 1. The highest BCUT2D eigenvalue weighted by Gasteiger charge is 2.18. The Balaban J connectivity index is 1.52. The number of hydrogen-bond acceptors (Lipinski definition) is 5. The van der Waals surface area contributed by atoms with Crippen molar-refractivity contribution in [1.29, 1.82) is 0 Å². The lowest BCUT2D eigenvalue weighted by Crippen LogP contribution is -2.08. The molecule has 7 nitrogen and oxygen atoms in total. The first kappa shape index (κ1) is 22.7. The van der Waals surface area contributed by atoms with Crippen LogP contribution in [0.1, 0.15) is 41.5 Å². The van der Waals surface area contributed by atoms with Gasteiger partial charge in [-0.05, 0) is 35.2 Å². The van der Waals surface area contributed by atoms with E-state index < -0.39 is 5.97 Å². The van der Waals surface area contributed by atoms with Crippen LogP contribution in [0.25, 0.3) is 33.5 Å². The quantitative estimate of drug-likeness (QED) is 0.298. The molecule has 0 saturated heterocycles. The van der Waals surface area contributed by atoms with E-state index in [0.717, 1.165) is 58.9 Å². The number of aromatic carboxylic acids is 1. The summed E-state index contributed by atoms with van der Waals surface area (Å²) in [5.41, 5.74) is 5.53. The van der Waals surface area contributed by atoms with Gasteiger partial charge in [0.05, 0.1) is 16.6 Å². The van der Waals surface area contributed by atoms with Crippen LogP contribution in [-0.2, 0) is 13.0 Å². The molecule has 0 spiro atoms. The number of rotatable bonds is 8. The molecule has 0 fully saturated rings. The van der Waals surface area contributed by atoms with Gasteiger partial charge < -0.3 is 9.67 Å². The Morgan fingerprint density at radius 2 is 1.77 bits per heavy atom. The molecule has 0 unspecified atom stereocenters. The Morgan fingerprint density at radius 3 is 2.46 bits per heavy atom. The first-order valence-corrected chi connectivity index (χ1v) is 12.3. The summed E-state index contributed by atoms with van der Waals surface area (Å²) < 4.78 is 5.03. The van der Waals surface area contributed by atoms with E-state index in [1.54, 1.807) is 12.1 Å². The van der Waals surface area contributed by atoms with Crippen molar-refractivity contribution < 1.29 is 9.90 Å². The van der Waals surface area contributed by atoms with Crippen LogP contribution in [0.5, 0.6) is 0 Å². The van der Waals surface area contributed by atoms with E-state index in [9.17, 15) is 14.7 Å². The summed E-state index contributed by atoms with van der Waals surface area (Å²) in [5, 5.41) is 9.78. The predicted molar refractivity (Wildman–Crippen MR) is 138 cm³/mol. The minimum absolute atomic E-state index is 0.252. The minimum Gasteiger partial charge on any atom is -0.478 e. The standard InChI is InChI=1S/C27H24N4O3S/c1-2-3-11-23-28-22-10-6-9-21(26(32)33)24(22)31(23)16-17-12-14-18(15-13-17)19-7-4-5-8-20(19)25-29-27(34)35-30-25/h4-10,12-15H,2-3,11,16H2,1H3,(H,32,33)(H,29,30,34). The molecule has 0 radical (unpaired) electrons. The van der Waals surface area contributed by atoms with Gasteiger partial charge in [0.25, 0.3) is 0 Å². The zero-order valence-corrected chi connectivity index (χ0v) is 20.0. The number of carboxylic acid groups (broad SMARTS) is 1. The van der Waals surface area contributed by atoms with E-state index in [4.69, 9.17) is 4.98 Å². The van der Waals surface area contributed by atoms with Gasteiger partial charge in [-0.2, -0.15) is 4.98 Å². The number of carbonyl (C=O) groups is 1. The number of carboxylic acids is 1. The number of fused-ring (bicyclic) bond motifs is 1. The van der Waals surface area contributed by atoms with E-state index in [1.165, 1.54) is 0 Å². The Hall–Kier alpha value is -4.04. The summed E-state index contributed by atoms with van der Waals surface area (Å²) in [7, 11) is 0. The van der Waals surface area contributed by atoms with Gasteiger partial charge in [-0.1, -0.05) is 67.9 Å². The lowest BCUT2D eigenvalue weighted by atomic mass is 9.98. The first-order chi connectivity index (χ1) is 17.0. The molecule has 2 aromatic heterocycles. The summed E-state index contributed by atoms with van der Waals surface area (Å²) in [6.45, 7) is 2.66. The molecule has 0 aliphatic rings. The molecule has 5 rings (SSSR count). The number of nitrogens with zero attached hydrogens (tertiary/aromatic N) is 3. The maximum absolute atomic E-state index is 11.9. The van der Waals surface area contributed by atoms with Gasteiger partial charge in [-0.25, -0.2) is 9.78 Å². The number of benzene rings is 3. The number of nitrogens with one attached hydrogen (secondary N) is 1. The van der Waals surface area contributed by atoms with E-state index in [0.29, 0.717) is 23.4 Å². The van der Waals surface area contributed by atoms with Crippen LogP contribution in [0.3, 0.4) is 0 Å². The minimum atomic E-state index is -0.953. The second-order valence-corrected chi connectivity index (χ2v) is 9.13. The van der Waals surface area contributed by atoms with Gasteiger partial charge in [-0.15, -0.1) is 0 Å². The number of para-hydroxylation sites is 1. The van der Waals surface area contributed by atoms with Crippen LogP contribution >= 0.6 is 11.5 Å². The predicted octanol–water partition coefficient (Wildman–Crippen LogP) is 5.60. The summed E-state index contributed by atoms with van der Waals surface area (Å²) in [6, 6.07) is 21.3. The Morgan fingerprint density at radius 1 is 1.00 bits per heavy atom. The van der Waals surface area contributed by atoms with Gasteiger partial charge in [0, 0.05) is 30.1 Å². The molecule has 2 heterocycles. The number of imidazole rings is 1. The maximum atomic E-state index is 11.9. The molecule has 2 N–H and O–H groups in total. The highest BCUT2D eigenvalue weighted by atomic mass is 32.1. The molecule has 3 aromatic carbocycles. The zero-order valence-electron chi connectivity index (χ0n) is 19.2. The number of H-pyrrole nitrogens is 1. The number of aromatic amines is 1. The van der Waals surface area contributed by atoms with Crippen molar-refractivity contribution in [3.63, 3.8) is 0 Å². The third-order valence-electron chi connectivity index (χ3n) is 6.06. The average molecular weight is 485 g/mol. The fraction of sp³-hybridized carbons (Fsp3) is 0.185. The highest BCUT2D eigenvalue weighted by molar-refractivity contribution is 7.03. The van der Waals surface area contributed by atoms with E-state index >= 15 is 0 Å². The van der Waals surface area contributed by atoms with Gasteiger partial charge in [0.2, 0.25) is 0 Å². The van der Waals surface area contributed by atoms with Crippen LogP contribution in [0.2, 0.25) is 0 Å². The van der Waals surface area contributed by atoms with Crippen molar-refractivity contribution >= 4 is 28.5 Å². The highest BCUT2D eigenvalue weighted by Crippen LogP contribution is 2.30. The van der Waals surface area contributed by atoms with Crippen molar-refractivity contribution in [2.24, 2.45) is 0 Å². The molecule has 0 aliphatic carbocycles. The van der Waals surface area contributed by atoms with Crippen LogP contribution in [0, 0.1) is 0 Å². The molecule has 0 bridgehead atoms. The van der Waals surface area contributed by atoms with Crippen molar-refractivity contribution in [2.75, 3.05) is 0 Å². The Labute approximate surface area is 205 Å². The summed E-state index contributed by atoms with van der Waals surface area (Å²) in [5.74, 6) is 0.509. The molecule has 0 atom stereocenters. The van der Waals surface area contributed by atoms with Crippen molar-refractivity contribution in [1.82, 2.24) is 18.9 Å². The SMILES string of the molecule is CCCCc1nc2cccc(C(=O)O)c2n1Cc1ccc(-c2ccccc2-c2nc(=O)s[nH]2)cc1. The van der Waals surface area contributed by atoms with Gasteiger partial charge in [0.1, 0.15) is 5.82 Å². The van der Waals surface area contributed by atoms with Crippen LogP contribution in [-0.4, -0.2) is 30.0 Å². The molecule has 0 saturated carbocycles. The van der Waals surface area contributed by atoms with Crippen molar-refractivity contribution in [2.45, 2.75) is 32.7 Å². The normalized spacial score (nSPS) is 11.2. The van der Waals surface area contributed by atoms with Crippen molar-refractivity contribution in [3.05, 3.63) is 93.3 Å². The molecule has 0 aliphatic heterocycles. The molecule has 35 heavy (non-hydrogen) atoms. The average Bonchev–Trinajstić information content (AvgIpc) is 3.46. The van der Waals surface area contributed by atoms with E-state index in [1.807, 2.05) is 47.0 Å². The summed E-state index contributed by atoms with van der Waals surface area (Å²) in [4.78, 5) is 32.1. The lowest BCUT2D eigenvalue weighted by molar-refractivity contribution is 0.0698. The molecule has 176 valence electrons. The second-order valence-electron chi connectivity index (χ2n) is 8.37. The third kappa shape index (κ3) is 4.52. The number of aromatic nitrogens is 4. The van der Waals surface area contributed by atoms with Crippen LogP contribution < -0.4 is 4.87 Å². The fourth-order valence-electron chi connectivity index (χ4n) is 4.36. The lowest BCUT2D eigenvalue weighted by Gasteiger charge is -2.12. The maximum Gasteiger partial charge on any atom is 0.344 e. The van der Waals surface area contributed by atoms with Gasteiger partial charge in [-0.3, -0.25) is 9.17 Å². The van der Waals surface area contributed by atoms with Gasteiger partial charge >= 0.3 is 10.8 Å². The fourth-order valence-corrected chi connectivity index (χ4v) is 4.84. The Kier molecular flexibility index (Phi) is 6.29. The number of hydrogen-bond donors (Lipinski definition) is 2. The van der Waals surface area contributed by atoms with E-state index in [2.05, 4.69) is 28.4 Å². The smallest absolute Gasteiger partial charge is 0.344 e. The van der Waals surface area contributed by atoms with E-state index in [-0.39, 0.29) is 10.4 Å². The molecule has 8 heteroatoms. The summed E-state index contributed by atoms with van der Waals surface area (Å²) >= 11 is 0.976. The number of aryl methyl sites for hydroxylation is 1. The van der Waals surface area contributed by atoms with Crippen molar-refractivity contribution in [3.8, 4) is 22.5 Å². The molecular weight excluding hydrogens is 460 g/mol. The third-order valence-corrected chi connectivity index (χ3v) is 6.62. The molecule has 5 aromatic rings. The zero-order chi connectivity index (χ0) is 24.4. The van der Waals surface area contributed by atoms with Crippen LogP contribution in [0.15, 0.2) is 71.5 Å². The topological polar surface area (TPSA) is 101 Å². The van der Waals surface area contributed by atoms with Crippen LogP contribution in [0.4, 0.5) is 0 Å². The monoisotopic (exact) mass is 484 g/mol. The largest absolute Gasteiger partial charge is 0.478 e. The van der Waals surface area contributed by atoms with Gasteiger partial charge in [0.15, 0.2) is 5.82 Å². The molecular formula is C27H24N4O3S. The second kappa shape index (κ2) is 9.68. The molecule has 0 amide bonds. The Bertz CT molecular complexity index is 1560.